The Bertz CT molecular complexity index is 409. The maximum Gasteiger partial charge on any atom is 0.338 e. The molecule has 0 amide bonds. The zero-order valence-corrected chi connectivity index (χ0v) is 13.0. The molecular formula is C18H26O3. The Kier molecular flexibility index (Phi) is 9.18. The van der Waals surface area contributed by atoms with Gasteiger partial charge in [0.05, 0.1) is 12.2 Å². The van der Waals surface area contributed by atoms with E-state index in [-0.39, 0.29) is 5.97 Å². The molecule has 0 saturated heterocycles. The fraction of sp³-hybridized carbons (Fsp3) is 0.556. The predicted octanol–water partition coefficient (Wildman–Crippen LogP) is 4.34. The van der Waals surface area contributed by atoms with E-state index in [2.05, 4.69) is 0 Å². The summed E-state index contributed by atoms with van der Waals surface area (Å²) in [4.78, 5) is 21.7. The molecule has 21 heavy (non-hydrogen) atoms. The molecule has 0 unspecified atom stereocenters. The number of hydrogen-bond acceptors (Lipinski definition) is 3. The Morgan fingerprint density at radius 1 is 1.00 bits per heavy atom. The zero-order valence-electron chi connectivity index (χ0n) is 13.0. The van der Waals surface area contributed by atoms with Crippen LogP contribution in [-0.2, 0) is 16.0 Å². The van der Waals surface area contributed by atoms with E-state index in [0.29, 0.717) is 18.6 Å². The first kappa shape index (κ1) is 17.4. The molecule has 1 aromatic carbocycles. The van der Waals surface area contributed by atoms with Crippen LogP contribution in [0.15, 0.2) is 24.3 Å². The summed E-state index contributed by atoms with van der Waals surface area (Å²) in [7, 11) is 0. The monoisotopic (exact) mass is 290 g/mol. The topological polar surface area (TPSA) is 43.4 Å². The molecule has 0 radical (unpaired) electrons. The second-order valence-electron chi connectivity index (χ2n) is 5.24. The molecular weight excluding hydrogens is 264 g/mol. The van der Waals surface area contributed by atoms with Crippen molar-refractivity contribution in [2.24, 2.45) is 0 Å². The lowest BCUT2D eigenvalue weighted by atomic mass is 10.0. The normalized spacial score (nSPS) is 10.3. The van der Waals surface area contributed by atoms with Gasteiger partial charge in [-0.15, -0.1) is 0 Å². The highest BCUT2D eigenvalue weighted by molar-refractivity contribution is 5.89. The number of ether oxygens (including phenoxy) is 1. The molecule has 0 atom stereocenters. The Morgan fingerprint density at radius 3 is 2.24 bits per heavy atom. The molecule has 1 rings (SSSR count). The van der Waals surface area contributed by atoms with Crippen LogP contribution in [0, 0.1) is 0 Å². The summed E-state index contributed by atoms with van der Waals surface area (Å²) in [5, 5.41) is 0. The van der Waals surface area contributed by atoms with Crippen LogP contribution in [0.3, 0.4) is 0 Å². The van der Waals surface area contributed by atoms with Crippen LogP contribution in [-0.4, -0.2) is 18.9 Å². The predicted molar refractivity (Wildman–Crippen MR) is 84.5 cm³/mol. The highest BCUT2D eigenvalue weighted by Gasteiger charge is 2.05. The highest BCUT2D eigenvalue weighted by atomic mass is 16.5. The second kappa shape index (κ2) is 11.1. The Balaban J connectivity index is 2.15. The molecule has 0 aliphatic heterocycles. The Hall–Kier alpha value is -1.64. The maximum absolute atomic E-state index is 11.5. The van der Waals surface area contributed by atoms with Crippen molar-refractivity contribution in [1.29, 1.82) is 0 Å². The van der Waals surface area contributed by atoms with Gasteiger partial charge >= 0.3 is 5.97 Å². The minimum Gasteiger partial charge on any atom is -0.462 e. The number of aryl methyl sites for hydroxylation is 1. The van der Waals surface area contributed by atoms with E-state index in [1.807, 2.05) is 31.2 Å². The SMILES string of the molecule is CCOC(=O)c1ccc(CCCCCCCCC=O)cc1. The Labute approximate surface area is 127 Å². The third-order valence-electron chi connectivity index (χ3n) is 3.50. The molecule has 0 saturated carbocycles. The summed E-state index contributed by atoms with van der Waals surface area (Å²) in [6, 6.07) is 7.70. The molecule has 0 aromatic heterocycles. The van der Waals surface area contributed by atoms with E-state index in [4.69, 9.17) is 4.74 Å². The summed E-state index contributed by atoms with van der Waals surface area (Å²) in [5.41, 5.74) is 1.89. The average Bonchev–Trinajstić information content (AvgIpc) is 2.51. The minimum atomic E-state index is -0.251. The lowest BCUT2D eigenvalue weighted by molar-refractivity contribution is -0.107. The second-order valence-corrected chi connectivity index (χ2v) is 5.24. The van der Waals surface area contributed by atoms with Gasteiger partial charge in [0.1, 0.15) is 6.29 Å². The lowest BCUT2D eigenvalue weighted by Crippen LogP contribution is -2.04. The summed E-state index contributed by atoms with van der Waals surface area (Å²) in [5.74, 6) is -0.251. The van der Waals surface area contributed by atoms with Gasteiger partial charge in [-0.1, -0.05) is 37.8 Å². The van der Waals surface area contributed by atoms with E-state index in [1.54, 1.807) is 0 Å². The number of benzene rings is 1. The molecule has 3 heteroatoms. The van der Waals surface area contributed by atoms with Crippen LogP contribution in [0.1, 0.15) is 67.8 Å². The molecule has 0 aliphatic carbocycles. The van der Waals surface area contributed by atoms with Gasteiger partial charge in [-0.2, -0.15) is 0 Å². The van der Waals surface area contributed by atoms with Crippen molar-refractivity contribution in [1.82, 2.24) is 0 Å². The van der Waals surface area contributed by atoms with E-state index < -0.39 is 0 Å². The lowest BCUT2D eigenvalue weighted by Gasteiger charge is -2.04. The largest absolute Gasteiger partial charge is 0.462 e. The van der Waals surface area contributed by atoms with Gasteiger partial charge in [0.2, 0.25) is 0 Å². The van der Waals surface area contributed by atoms with Crippen molar-refractivity contribution >= 4 is 12.3 Å². The first-order chi connectivity index (χ1) is 10.3. The first-order valence-electron chi connectivity index (χ1n) is 7.97. The molecule has 0 spiro atoms. The molecule has 116 valence electrons. The third-order valence-corrected chi connectivity index (χ3v) is 3.50. The molecule has 0 heterocycles. The van der Waals surface area contributed by atoms with Crippen LogP contribution in [0.25, 0.3) is 0 Å². The summed E-state index contributed by atoms with van der Waals surface area (Å²) >= 11 is 0. The van der Waals surface area contributed by atoms with Gasteiger partial charge in [-0.25, -0.2) is 4.79 Å². The third kappa shape index (κ3) is 7.64. The number of unbranched alkanes of at least 4 members (excludes halogenated alkanes) is 6. The fourth-order valence-corrected chi connectivity index (χ4v) is 2.29. The smallest absolute Gasteiger partial charge is 0.338 e. The van der Waals surface area contributed by atoms with Crippen molar-refractivity contribution in [3.05, 3.63) is 35.4 Å². The van der Waals surface area contributed by atoms with E-state index >= 15 is 0 Å². The van der Waals surface area contributed by atoms with Gasteiger partial charge < -0.3 is 9.53 Å². The van der Waals surface area contributed by atoms with Crippen molar-refractivity contribution in [2.45, 2.75) is 58.3 Å². The summed E-state index contributed by atoms with van der Waals surface area (Å²) in [6.45, 7) is 2.22. The van der Waals surface area contributed by atoms with Crippen LogP contribution in [0.4, 0.5) is 0 Å². The van der Waals surface area contributed by atoms with Crippen LogP contribution >= 0.6 is 0 Å². The van der Waals surface area contributed by atoms with Crippen LogP contribution < -0.4 is 0 Å². The fourth-order valence-electron chi connectivity index (χ4n) is 2.29. The molecule has 0 fully saturated rings. The van der Waals surface area contributed by atoms with Crippen molar-refractivity contribution in [2.75, 3.05) is 6.61 Å². The number of carbonyl (C=O) groups excluding carboxylic acids is 2. The highest BCUT2D eigenvalue weighted by Crippen LogP contribution is 2.12. The number of aldehydes is 1. The van der Waals surface area contributed by atoms with E-state index in [1.165, 1.54) is 31.2 Å². The van der Waals surface area contributed by atoms with Gasteiger partial charge in [0, 0.05) is 6.42 Å². The molecule has 3 nitrogen and oxygen atoms in total. The van der Waals surface area contributed by atoms with Gasteiger partial charge in [0.25, 0.3) is 0 Å². The van der Waals surface area contributed by atoms with Crippen molar-refractivity contribution in [3.63, 3.8) is 0 Å². The Morgan fingerprint density at radius 2 is 1.62 bits per heavy atom. The van der Waals surface area contributed by atoms with E-state index in [0.717, 1.165) is 25.5 Å². The van der Waals surface area contributed by atoms with Crippen LogP contribution in [0.2, 0.25) is 0 Å². The van der Waals surface area contributed by atoms with Gasteiger partial charge in [0.15, 0.2) is 0 Å². The van der Waals surface area contributed by atoms with E-state index in [9.17, 15) is 9.59 Å². The number of rotatable bonds is 11. The van der Waals surface area contributed by atoms with Crippen molar-refractivity contribution in [3.8, 4) is 0 Å². The zero-order chi connectivity index (χ0) is 15.3. The molecule has 0 aliphatic rings. The van der Waals surface area contributed by atoms with Crippen molar-refractivity contribution < 1.29 is 14.3 Å². The summed E-state index contributed by atoms with van der Waals surface area (Å²) in [6.07, 6.45) is 9.79. The quantitative estimate of drug-likeness (QED) is 0.346. The molecule has 1 aromatic rings. The first-order valence-corrected chi connectivity index (χ1v) is 7.97. The maximum atomic E-state index is 11.5. The molecule has 0 N–H and O–H groups in total. The average molecular weight is 290 g/mol. The van der Waals surface area contributed by atoms with Gasteiger partial charge in [-0.3, -0.25) is 0 Å². The number of esters is 1. The molecule has 0 bridgehead atoms. The van der Waals surface area contributed by atoms with Gasteiger partial charge in [-0.05, 0) is 43.9 Å². The number of hydrogen-bond donors (Lipinski definition) is 0. The number of carbonyl (C=O) groups is 2. The minimum absolute atomic E-state index is 0.251. The van der Waals surface area contributed by atoms with Crippen LogP contribution in [0.5, 0.6) is 0 Å². The standard InChI is InChI=1S/C18H26O3/c1-2-21-18(20)17-13-11-16(12-14-17)10-8-6-4-3-5-7-9-15-19/h11-15H,2-10H2,1H3. The summed E-state index contributed by atoms with van der Waals surface area (Å²) < 4.78 is 4.96.